The van der Waals surface area contributed by atoms with Crippen LogP contribution in [0.1, 0.15) is 26.2 Å². The fourth-order valence-corrected chi connectivity index (χ4v) is 5.75. The summed E-state index contributed by atoms with van der Waals surface area (Å²) in [4.78, 5) is 24.6. The van der Waals surface area contributed by atoms with Gasteiger partial charge in [0.1, 0.15) is 0 Å². The zero-order chi connectivity index (χ0) is 19.8. The third-order valence-corrected chi connectivity index (χ3v) is 7.21. The molecule has 2 aliphatic heterocycles. The van der Waals surface area contributed by atoms with Gasteiger partial charge in [0.15, 0.2) is 5.78 Å². The number of nitrogens with zero attached hydrogens (tertiary/aromatic N) is 1. The predicted octanol–water partition coefficient (Wildman–Crippen LogP) is 2.46. The molecule has 2 saturated heterocycles. The van der Waals surface area contributed by atoms with Gasteiger partial charge in [-0.05, 0) is 44.0 Å². The number of ketones is 1. The lowest BCUT2D eigenvalue weighted by molar-refractivity contribution is -0.151. The van der Waals surface area contributed by atoms with Crippen molar-refractivity contribution in [3.05, 3.63) is 41.1 Å². The van der Waals surface area contributed by atoms with E-state index in [0.29, 0.717) is 11.3 Å². The summed E-state index contributed by atoms with van der Waals surface area (Å²) in [5.41, 5.74) is -0.00205. The van der Waals surface area contributed by atoms with Crippen molar-refractivity contribution in [1.82, 2.24) is 4.31 Å². The average Bonchev–Trinajstić information content (AvgIpc) is 2.61. The molecule has 146 valence electrons. The van der Waals surface area contributed by atoms with Crippen LogP contribution in [0.2, 0.25) is 5.02 Å². The van der Waals surface area contributed by atoms with Crippen LogP contribution in [-0.4, -0.2) is 48.3 Å². The lowest BCUT2D eigenvalue weighted by Crippen LogP contribution is -2.58. The third-order valence-electron chi connectivity index (χ3n) is 4.98. The molecule has 0 saturated carbocycles. The summed E-state index contributed by atoms with van der Waals surface area (Å²) in [6.07, 6.45) is 0.847. The van der Waals surface area contributed by atoms with Crippen molar-refractivity contribution in [2.45, 2.75) is 43.2 Å². The number of benzene rings is 1. The number of carbonyl (C=O) groups excluding carboxylic acids is 2. The summed E-state index contributed by atoms with van der Waals surface area (Å²) in [6, 6.07) is 4.16. The van der Waals surface area contributed by atoms with Crippen LogP contribution in [0.15, 0.2) is 41.0 Å². The second-order valence-electron chi connectivity index (χ2n) is 6.59. The van der Waals surface area contributed by atoms with E-state index < -0.39 is 34.0 Å². The molecule has 3 atom stereocenters. The number of hydrogen-bond acceptors (Lipinski definition) is 6. The maximum atomic E-state index is 13.2. The number of halogens is 1. The van der Waals surface area contributed by atoms with Crippen molar-refractivity contribution in [2.24, 2.45) is 5.92 Å². The van der Waals surface area contributed by atoms with Crippen LogP contribution in [-0.2, 0) is 24.3 Å². The summed E-state index contributed by atoms with van der Waals surface area (Å²) in [7, 11) is -3.95. The van der Waals surface area contributed by atoms with Crippen LogP contribution in [0.25, 0.3) is 0 Å². The fourth-order valence-electron chi connectivity index (χ4n) is 3.81. The first kappa shape index (κ1) is 19.9. The van der Waals surface area contributed by atoms with Gasteiger partial charge < -0.3 is 9.84 Å². The molecule has 1 aromatic rings. The van der Waals surface area contributed by atoms with Gasteiger partial charge in [0, 0.05) is 23.1 Å². The van der Waals surface area contributed by atoms with E-state index >= 15 is 0 Å². The molecule has 0 radical (unpaired) electrons. The summed E-state index contributed by atoms with van der Waals surface area (Å²) in [5.74, 6) is -1.25. The Kier molecular flexibility index (Phi) is 5.60. The highest BCUT2D eigenvalue weighted by Gasteiger charge is 2.51. The summed E-state index contributed by atoms with van der Waals surface area (Å²) < 4.78 is 32.8. The highest BCUT2D eigenvalue weighted by Crippen LogP contribution is 2.42. The normalized spacial score (nSPS) is 27.6. The SMILES string of the molecule is CCOC(=O)C1CC2CC(=O)/C(=C/O)C(C1)N2S(=O)(=O)c1ccc(Cl)cc1. The standard InChI is InChI=1S/C18H20ClNO6S/c1-2-26-18(23)11-7-13-9-17(22)15(10-21)16(8-11)20(13)27(24,25)14-5-3-12(19)4-6-14/h3-6,10-11,13,16,21H,2,7-9H2,1H3/b15-10+. The van der Waals surface area contributed by atoms with Crippen molar-refractivity contribution in [3.8, 4) is 0 Å². The molecular formula is C18H20ClNO6S. The Morgan fingerprint density at radius 1 is 1.33 bits per heavy atom. The Hall–Kier alpha value is -1.90. The molecule has 1 N–H and O–H groups in total. The molecule has 2 fully saturated rings. The number of hydrogen-bond donors (Lipinski definition) is 1. The molecule has 2 bridgehead atoms. The highest BCUT2D eigenvalue weighted by atomic mass is 35.5. The van der Waals surface area contributed by atoms with Crippen LogP contribution >= 0.6 is 11.6 Å². The molecule has 0 amide bonds. The van der Waals surface area contributed by atoms with Crippen molar-refractivity contribution >= 4 is 33.4 Å². The number of sulfonamides is 1. The number of esters is 1. The molecule has 1 aromatic carbocycles. The van der Waals surface area contributed by atoms with Gasteiger partial charge in [-0.15, -0.1) is 0 Å². The van der Waals surface area contributed by atoms with Crippen LogP contribution in [0, 0.1) is 5.92 Å². The fraction of sp³-hybridized carbons (Fsp3) is 0.444. The number of aliphatic hydroxyl groups excluding tert-OH is 1. The Morgan fingerprint density at radius 3 is 2.59 bits per heavy atom. The number of Topliss-reactive ketones (excluding diaryl/α,β-unsaturated/α-hetero) is 1. The first-order valence-electron chi connectivity index (χ1n) is 8.62. The summed E-state index contributed by atoms with van der Waals surface area (Å²) in [5, 5.41) is 9.96. The van der Waals surface area contributed by atoms with Gasteiger partial charge in [-0.3, -0.25) is 9.59 Å². The van der Waals surface area contributed by atoms with Crippen LogP contribution in [0.5, 0.6) is 0 Å². The molecule has 7 nitrogen and oxygen atoms in total. The van der Waals surface area contributed by atoms with Gasteiger partial charge in [-0.25, -0.2) is 8.42 Å². The van der Waals surface area contributed by atoms with Crippen LogP contribution in [0.4, 0.5) is 0 Å². The maximum absolute atomic E-state index is 13.2. The molecule has 9 heteroatoms. The zero-order valence-electron chi connectivity index (χ0n) is 14.7. The first-order valence-corrected chi connectivity index (χ1v) is 10.4. The van der Waals surface area contributed by atoms with Crippen molar-refractivity contribution in [2.75, 3.05) is 6.61 Å². The van der Waals surface area contributed by atoms with Crippen molar-refractivity contribution in [1.29, 1.82) is 0 Å². The number of rotatable bonds is 4. The maximum Gasteiger partial charge on any atom is 0.309 e. The minimum Gasteiger partial charge on any atom is -0.515 e. The summed E-state index contributed by atoms with van der Waals surface area (Å²) >= 11 is 5.85. The molecule has 2 aliphatic rings. The van der Waals surface area contributed by atoms with E-state index in [0.717, 1.165) is 0 Å². The van der Waals surface area contributed by atoms with Crippen LogP contribution < -0.4 is 0 Å². The third kappa shape index (κ3) is 3.61. The quantitative estimate of drug-likeness (QED) is 0.462. The van der Waals surface area contributed by atoms with E-state index in [4.69, 9.17) is 16.3 Å². The van der Waals surface area contributed by atoms with E-state index in [1.807, 2.05) is 0 Å². The number of carbonyl (C=O) groups is 2. The highest BCUT2D eigenvalue weighted by molar-refractivity contribution is 7.89. The minimum absolute atomic E-state index is 0.00205. The molecule has 3 unspecified atom stereocenters. The lowest BCUT2D eigenvalue weighted by atomic mass is 9.77. The number of aliphatic hydroxyl groups is 1. The van der Waals surface area contributed by atoms with Crippen molar-refractivity contribution < 1.29 is 27.9 Å². The number of fused-ring (bicyclic) bond motifs is 2. The largest absolute Gasteiger partial charge is 0.515 e. The first-order chi connectivity index (χ1) is 12.8. The van der Waals surface area contributed by atoms with E-state index in [1.165, 1.54) is 28.6 Å². The Labute approximate surface area is 162 Å². The summed E-state index contributed by atoms with van der Waals surface area (Å²) in [6.45, 7) is 1.92. The van der Waals surface area contributed by atoms with Gasteiger partial charge >= 0.3 is 5.97 Å². The van der Waals surface area contributed by atoms with Gasteiger partial charge in [0.2, 0.25) is 10.0 Å². The van der Waals surface area contributed by atoms with Crippen LogP contribution in [0.3, 0.4) is 0 Å². The number of piperidine rings is 2. The molecular weight excluding hydrogens is 394 g/mol. The molecule has 0 spiro atoms. The second kappa shape index (κ2) is 7.61. The van der Waals surface area contributed by atoms with E-state index in [-0.39, 0.29) is 42.1 Å². The number of ether oxygens (including phenoxy) is 1. The van der Waals surface area contributed by atoms with E-state index in [1.54, 1.807) is 6.92 Å². The Bertz CT molecular complexity index is 880. The Morgan fingerprint density at radius 2 is 2.00 bits per heavy atom. The minimum atomic E-state index is -3.95. The van der Waals surface area contributed by atoms with Gasteiger partial charge in [-0.2, -0.15) is 4.31 Å². The molecule has 3 rings (SSSR count). The lowest BCUT2D eigenvalue weighted by Gasteiger charge is -2.46. The smallest absolute Gasteiger partial charge is 0.309 e. The monoisotopic (exact) mass is 413 g/mol. The average molecular weight is 414 g/mol. The molecule has 0 aliphatic carbocycles. The predicted molar refractivity (Wildman–Crippen MR) is 97.7 cm³/mol. The molecule has 27 heavy (non-hydrogen) atoms. The molecule has 2 heterocycles. The van der Waals surface area contributed by atoms with Gasteiger partial charge in [0.05, 0.1) is 29.7 Å². The van der Waals surface area contributed by atoms with Crippen molar-refractivity contribution in [3.63, 3.8) is 0 Å². The van der Waals surface area contributed by atoms with Gasteiger partial charge in [0.25, 0.3) is 0 Å². The Balaban J connectivity index is 2.01. The van der Waals surface area contributed by atoms with E-state index in [9.17, 15) is 23.1 Å². The van der Waals surface area contributed by atoms with Gasteiger partial charge in [-0.1, -0.05) is 11.6 Å². The van der Waals surface area contributed by atoms with E-state index in [2.05, 4.69) is 0 Å². The second-order valence-corrected chi connectivity index (χ2v) is 8.87. The topological polar surface area (TPSA) is 101 Å². The zero-order valence-corrected chi connectivity index (χ0v) is 16.2. The molecule has 0 aromatic heterocycles.